The van der Waals surface area contributed by atoms with Crippen molar-refractivity contribution in [1.82, 2.24) is 4.98 Å². The monoisotopic (exact) mass is 279 g/mol. The van der Waals surface area contributed by atoms with Crippen molar-refractivity contribution in [2.45, 2.75) is 32.8 Å². The Morgan fingerprint density at radius 3 is 2.33 bits per heavy atom. The number of halogens is 3. The number of hydrogen-bond acceptors (Lipinski definition) is 2. The SMILES string of the molecule is CC(C)(C)c1ccc(OC(F)F)nc1Br. The van der Waals surface area contributed by atoms with Gasteiger partial charge in [-0.2, -0.15) is 8.78 Å². The Bertz CT molecular complexity index is 350. The molecular weight excluding hydrogens is 268 g/mol. The molecule has 1 aromatic heterocycles. The molecule has 0 aromatic carbocycles. The van der Waals surface area contributed by atoms with E-state index in [1.54, 1.807) is 6.07 Å². The Morgan fingerprint density at radius 2 is 1.93 bits per heavy atom. The summed E-state index contributed by atoms with van der Waals surface area (Å²) in [5.74, 6) is -0.0788. The Labute approximate surface area is 95.8 Å². The van der Waals surface area contributed by atoms with Gasteiger partial charge in [-0.1, -0.05) is 26.8 Å². The molecule has 0 aliphatic rings. The van der Waals surface area contributed by atoms with E-state index >= 15 is 0 Å². The molecule has 0 fully saturated rings. The van der Waals surface area contributed by atoms with Crippen LogP contribution in [0.3, 0.4) is 0 Å². The van der Waals surface area contributed by atoms with Crippen molar-refractivity contribution in [3.05, 3.63) is 22.3 Å². The van der Waals surface area contributed by atoms with Crippen LogP contribution in [0, 0.1) is 0 Å². The second-order valence-electron chi connectivity index (χ2n) is 4.12. The summed E-state index contributed by atoms with van der Waals surface area (Å²) >= 11 is 3.24. The molecule has 5 heteroatoms. The highest BCUT2D eigenvalue weighted by Gasteiger charge is 2.18. The van der Waals surface area contributed by atoms with Crippen LogP contribution in [0.1, 0.15) is 26.3 Å². The van der Waals surface area contributed by atoms with E-state index in [0.717, 1.165) is 5.56 Å². The lowest BCUT2D eigenvalue weighted by atomic mass is 9.88. The van der Waals surface area contributed by atoms with Crippen molar-refractivity contribution in [3.63, 3.8) is 0 Å². The number of hydrogen-bond donors (Lipinski definition) is 0. The Hall–Kier alpha value is -0.710. The molecule has 2 nitrogen and oxygen atoms in total. The van der Waals surface area contributed by atoms with Crippen LogP contribution in [0.25, 0.3) is 0 Å². The molecule has 0 unspecified atom stereocenters. The zero-order valence-corrected chi connectivity index (χ0v) is 10.3. The minimum Gasteiger partial charge on any atom is -0.417 e. The number of ether oxygens (including phenoxy) is 1. The summed E-state index contributed by atoms with van der Waals surface area (Å²) < 4.78 is 28.5. The minimum atomic E-state index is -2.84. The lowest BCUT2D eigenvalue weighted by molar-refractivity contribution is -0.0529. The topological polar surface area (TPSA) is 22.1 Å². The van der Waals surface area contributed by atoms with Gasteiger partial charge in [-0.3, -0.25) is 0 Å². The molecule has 0 aliphatic carbocycles. The van der Waals surface area contributed by atoms with Crippen LogP contribution in [0.15, 0.2) is 16.7 Å². The lowest BCUT2D eigenvalue weighted by Gasteiger charge is -2.20. The standard InChI is InChI=1S/C10H12BrF2NO/c1-10(2,3)6-4-5-7(14-8(6)11)15-9(12)13/h4-5,9H,1-3H3. The molecule has 1 aromatic rings. The van der Waals surface area contributed by atoms with E-state index in [-0.39, 0.29) is 11.3 Å². The summed E-state index contributed by atoms with van der Waals surface area (Å²) in [5.41, 5.74) is 0.860. The van der Waals surface area contributed by atoms with Crippen molar-refractivity contribution in [1.29, 1.82) is 0 Å². The first-order valence-corrected chi connectivity index (χ1v) is 5.22. The minimum absolute atomic E-state index is 0.0788. The van der Waals surface area contributed by atoms with Crippen LogP contribution in [0.5, 0.6) is 5.88 Å². The van der Waals surface area contributed by atoms with Crippen LogP contribution in [0.4, 0.5) is 8.78 Å². The number of nitrogens with zero attached hydrogens (tertiary/aromatic N) is 1. The first-order valence-electron chi connectivity index (χ1n) is 4.42. The molecule has 0 atom stereocenters. The smallest absolute Gasteiger partial charge is 0.388 e. The third kappa shape index (κ3) is 3.41. The molecular formula is C10H12BrF2NO. The van der Waals surface area contributed by atoms with Gasteiger partial charge in [0.15, 0.2) is 0 Å². The van der Waals surface area contributed by atoms with Gasteiger partial charge in [-0.25, -0.2) is 4.98 Å². The molecule has 0 spiro atoms. The van der Waals surface area contributed by atoms with E-state index in [0.29, 0.717) is 4.60 Å². The summed E-state index contributed by atoms with van der Waals surface area (Å²) in [6, 6.07) is 3.17. The average molecular weight is 280 g/mol. The van der Waals surface area contributed by atoms with Crippen LogP contribution in [-0.2, 0) is 5.41 Å². The van der Waals surface area contributed by atoms with Crippen LogP contribution >= 0.6 is 15.9 Å². The highest BCUT2D eigenvalue weighted by Crippen LogP contribution is 2.30. The third-order valence-electron chi connectivity index (χ3n) is 1.84. The maximum Gasteiger partial charge on any atom is 0.388 e. The predicted molar refractivity (Wildman–Crippen MR) is 57.3 cm³/mol. The number of pyridine rings is 1. The van der Waals surface area contributed by atoms with E-state index in [1.165, 1.54) is 6.07 Å². The van der Waals surface area contributed by atoms with Crippen LogP contribution in [-0.4, -0.2) is 11.6 Å². The second-order valence-corrected chi connectivity index (χ2v) is 4.87. The average Bonchev–Trinajstić information content (AvgIpc) is 1.99. The second kappa shape index (κ2) is 4.43. The van der Waals surface area contributed by atoms with Gasteiger partial charge in [0, 0.05) is 6.07 Å². The van der Waals surface area contributed by atoms with E-state index in [1.807, 2.05) is 20.8 Å². The number of aromatic nitrogens is 1. The van der Waals surface area contributed by atoms with Gasteiger partial charge in [-0.05, 0) is 26.9 Å². The molecule has 0 saturated heterocycles. The van der Waals surface area contributed by atoms with E-state index in [9.17, 15) is 8.78 Å². The maximum atomic E-state index is 11.9. The molecule has 0 aliphatic heterocycles. The van der Waals surface area contributed by atoms with Crippen molar-refractivity contribution in [3.8, 4) is 5.88 Å². The normalized spacial score (nSPS) is 11.9. The van der Waals surface area contributed by atoms with Crippen LogP contribution in [0.2, 0.25) is 0 Å². The molecule has 1 rings (SSSR count). The van der Waals surface area contributed by atoms with Crippen molar-refractivity contribution in [2.75, 3.05) is 0 Å². The van der Waals surface area contributed by atoms with Crippen molar-refractivity contribution < 1.29 is 13.5 Å². The van der Waals surface area contributed by atoms with E-state index in [4.69, 9.17) is 0 Å². The summed E-state index contributed by atoms with van der Waals surface area (Å²) in [4.78, 5) is 3.89. The fraction of sp³-hybridized carbons (Fsp3) is 0.500. The summed E-state index contributed by atoms with van der Waals surface area (Å²) in [6.07, 6.45) is 0. The molecule has 1 heterocycles. The fourth-order valence-corrected chi connectivity index (χ4v) is 2.04. The van der Waals surface area contributed by atoms with E-state index in [2.05, 4.69) is 25.7 Å². The fourth-order valence-electron chi connectivity index (χ4n) is 1.13. The predicted octanol–water partition coefficient (Wildman–Crippen LogP) is 3.74. The lowest BCUT2D eigenvalue weighted by Crippen LogP contribution is -2.13. The molecule has 15 heavy (non-hydrogen) atoms. The van der Waals surface area contributed by atoms with Gasteiger partial charge in [0.05, 0.1) is 0 Å². The molecule has 0 N–H and O–H groups in total. The van der Waals surface area contributed by atoms with Gasteiger partial charge < -0.3 is 4.74 Å². The molecule has 0 radical (unpaired) electrons. The zero-order valence-electron chi connectivity index (χ0n) is 8.72. The summed E-state index contributed by atoms with van der Waals surface area (Å²) in [7, 11) is 0. The van der Waals surface area contributed by atoms with Crippen LogP contribution < -0.4 is 4.74 Å². The third-order valence-corrected chi connectivity index (χ3v) is 2.45. The van der Waals surface area contributed by atoms with Gasteiger partial charge in [0.1, 0.15) is 4.60 Å². The molecule has 0 amide bonds. The van der Waals surface area contributed by atoms with E-state index < -0.39 is 6.61 Å². The van der Waals surface area contributed by atoms with Gasteiger partial charge >= 0.3 is 6.61 Å². The quantitative estimate of drug-likeness (QED) is 0.770. The molecule has 84 valence electrons. The van der Waals surface area contributed by atoms with Gasteiger partial charge in [0.2, 0.25) is 5.88 Å². The van der Waals surface area contributed by atoms with Crippen molar-refractivity contribution in [2.24, 2.45) is 0 Å². The van der Waals surface area contributed by atoms with Gasteiger partial charge in [0.25, 0.3) is 0 Å². The number of rotatable bonds is 2. The molecule has 0 saturated carbocycles. The number of alkyl halides is 2. The Morgan fingerprint density at radius 1 is 1.33 bits per heavy atom. The zero-order chi connectivity index (χ0) is 11.6. The summed E-state index contributed by atoms with van der Waals surface area (Å²) in [6.45, 7) is 3.21. The maximum absolute atomic E-state index is 11.9. The largest absolute Gasteiger partial charge is 0.417 e. The first-order chi connectivity index (χ1) is 6.80. The highest BCUT2D eigenvalue weighted by atomic mass is 79.9. The highest BCUT2D eigenvalue weighted by molar-refractivity contribution is 9.10. The summed E-state index contributed by atoms with van der Waals surface area (Å²) in [5, 5.41) is 0. The first kappa shape index (κ1) is 12.4. The Balaban J connectivity index is 2.99. The Kier molecular flexibility index (Phi) is 3.65. The van der Waals surface area contributed by atoms with Crippen molar-refractivity contribution >= 4 is 15.9 Å². The molecule has 0 bridgehead atoms. The van der Waals surface area contributed by atoms with Gasteiger partial charge in [-0.15, -0.1) is 0 Å².